The predicted octanol–water partition coefficient (Wildman–Crippen LogP) is 4.51. The molecule has 1 heterocycles. The average Bonchev–Trinajstić information content (AvgIpc) is 3.25. The first-order chi connectivity index (χ1) is 15.8. The summed E-state index contributed by atoms with van der Waals surface area (Å²) in [6.45, 7) is 1.44. The number of thiazole rings is 1. The van der Waals surface area contributed by atoms with Crippen LogP contribution in [0.4, 0.5) is 10.8 Å². The number of likely N-dealkylation sites (N-methyl/N-ethyl adjacent to an activating group) is 1. The van der Waals surface area contributed by atoms with Crippen molar-refractivity contribution in [1.29, 1.82) is 0 Å². The van der Waals surface area contributed by atoms with Gasteiger partial charge in [-0.15, -0.1) is 11.3 Å². The van der Waals surface area contributed by atoms with E-state index in [1.165, 1.54) is 16.2 Å². The molecule has 0 radical (unpaired) electrons. The maximum absolute atomic E-state index is 13.3. The van der Waals surface area contributed by atoms with E-state index in [0.29, 0.717) is 40.5 Å². The minimum absolute atomic E-state index is 0.0679. The van der Waals surface area contributed by atoms with Crippen LogP contribution in [0.5, 0.6) is 0 Å². The standard InChI is InChI=1S/C23H25Cl2N5O2S/c1-29(2)12-11-26-20(31)14-30(13-16-7-4-3-5-8-16)22(32)19-15-33-23(28-19)27-18-10-6-9-17(24)21(18)25/h3-10,15H,11-14H2,1-2H3,(H,26,31)(H,27,28). The third-order valence-corrected chi connectivity index (χ3v) is 6.21. The third-order valence-electron chi connectivity index (χ3n) is 4.64. The molecule has 0 atom stereocenters. The summed E-state index contributed by atoms with van der Waals surface area (Å²) in [7, 11) is 3.86. The van der Waals surface area contributed by atoms with Crippen LogP contribution in [-0.2, 0) is 11.3 Å². The molecule has 10 heteroatoms. The second kappa shape index (κ2) is 12.0. The molecule has 0 unspecified atom stereocenters. The summed E-state index contributed by atoms with van der Waals surface area (Å²) in [6, 6.07) is 14.8. The molecule has 3 aromatic rings. The van der Waals surface area contributed by atoms with Gasteiger partial charge < -0.3 is 20.4 Å². The monoisotopic (exact) mass is 505 g/mol. The van der Waals surface area contributed by atoms with Crippen LogP contribution in [0.25, 0.3) is 0 Å². The summed E-state index contributed by atoms with van der Waals surface area (Å²) in [6.07, 6.45) is 0. The van der Waals surface area contributed by atoms with Gasteiger partial charge in [0.25, 0.3) is 5.91 Å². The number of halogens is 2. The molecule has 0 spiro atoms. The summed E-state index contributed by atoms with van der Waals surface area (Å²) in [4.78, 5) is 33.6. The topological polar surface area (TPSA) is 77.6 Å². The van der Waals surface area contributed by atoms with Gasteiger partial charge in [0.1, 0.15) is 12.2 Å². The molecule has 0 aliphatic heterocycles. The van der Waals surface area contributed by atoms with Crippen LogP contribution in [0.3, 0.4) is 0 Å². The van der Waals surface area contributed by atoms with Gasteiger partial charge in [-0.1, -0.05) is 59.6 Å². The van der Waals surface area contributed by atoms with E-state index in [0.717, 1.165) is 5.56 Å². The molecule has 0 aliphatic carbocycles. The van der Waals surface area contributed by atoms with Gasteiger partial charge in [0, 0.05) is 25.0 Å². The van der Waals surface area contributed by atoms with Gasteiger partial charge in [0.15, 0.2) is 5.13 Å². The highest BCUT2D eigenvalue weighted by Crippen LogP contribution is 2.32. The lowest BCUT2D eigenvalue weighted by Crippen LogP contribution is -2.42. The zero-order valence-electron chi connectivity index (χ0n) is 18.3. The van der Waals surface area contributed by atoms with E-state index in [4.69, 9.17) is 23.2 Å². The Hall–Kier alpha value is -2.65. The molecule has 0 saturated carbocycles. The summed E-state index contributed by atoms with van der Waals surface area (Å²) >= 11 is 13.6. The number of carbonyl (C=O) groups excluding carboxylic acids is 2. The second-order valence-corrected chi connectivity index (χ2v) is 9.21. The number of amides is 2. The van der Waals surface area contributed by atoms with E-state index >= 15 is 0 Å². The molecule has 2 amide bonds. The van der Waals surface area contributed by atoms with Crippen LogP contribution >= 0.6 is 34.5 Å². The van der Waals surface area contributed by atoms with Crippen LogP contribution in [0, 0.1) is 0 Å². The van der Waals surface area contributed by atoms with Gasteiger partial charge in [0.2, 0.25) is 5.91 Å². The third kappa shape index (κ3) is 7.43. The lowest BCUT2D eigenvalue weighted by atomic mass is 10.2. The Balaban J connectivity index is 1.73. The van der Waals surface area contributed by atoms with Crippen LogP contribution in [0.2, 0.25) is 10.0 Å². The highest BCUT2D eigenvalue weighted by atomic mass is 35.5. The summed E-state index contributed by atoms with van der Waals surface area (Å²) in [5.41, 5.74) is 1.77. The maximum Gasteiger partial charge on any atom is 0.274 e. The Bertz CT molecular complexity index is 1090. The first kappa shape index (κ1) is 25.0. The van der Waals surface area contributed by atoms with E-state index in [1.807, 2.05) is 49.3 Å². The number of rotatable bonds is 10. The molecule has 0 aliphatic rings. The Kier molecular flexibility index (Phi) is 9.08. The number of carbonyl (C=O) groups is 2. The van der Waals surface area contributed by atoms with Crippen molar-refractivity contribution in [2.24, 2.45) is 0 Å². The van der Waals surface area contributed by atoms with Gasteiger partial charge in [-0.25, -0.2) is 4.98 Å². The Morgan fingerprint density at radius 3 is 2.55 bits per heavy atom. The number of benzene rings is 2. The largest absolute Gasteiger partial charge is 0.353 e. The lowest BCUT2D eigenvalue weighted by Gasteiger charge is -2.22. The van der Waals surface area contributed by atoms with Gasteiger partial charge in [-0.2, -0.15) is 0 Å². The SMILES string of the molecule is CN(C)CCNC(=O)CN(Cc1ccccc1)C(=O)c1csc(Nc2cccc(Cl)c2Cl)n1. The number of nitrogens with one attached hydrogen (secondary N) is 2. The highest BCUT2D eigenvalue weighted by molar-refractivity contribution is 7.14. The minimum Gasteiger partial charge on any atom is -0.353 e. The van der Waals surface area contributed by atoms with Crippen molar-refractivity contribution < 1.29 is 9.59 Å². The number of aromatic nitrogens is 1. The van der Waals surface area contributed by atoms with Crippen LogP contribution < -0.4 is 10.6 Å². The summed E-state index contributed by atoms with van der Waals surface area (Å²) < 4.78 is 0. The average molecular weight is 506 g/mol. The minimum atomic E-state index is -0.330. The fourth-order valence-electron chi connectivity index (χ4n) is 2.96. The van der Waals surface area contributed by atoms with Crippen molar-refractivity contribution in [2.45, 2.75) is 6.54 Å². The van der Waals surface area contributed by atoms with E-state index < -0.39 is 0 Å². The number of hydrogen-bond donors (Lipinski definition) is 2. The lowest BCUT2D eigenvalue weighted by molar-refractivity contribution is -0.121. The molecule has 0 saturated heterocycles. The van der Waals surface area contributed by atoms with E-state index in [2.05, 4.69) is 15.6 Å². The van der Waals surface area contributed by atoms with Gasteiger partial charge in [-0.05, 0) is 31.8 Å². The molecular formula is C23H25Cl2N5O2S. The first-order valence-corrected chi connectivity index (χ1v) is 11.9. The van der Waals surface area contributed by atoms with E-state index in [1.54, 1.807) is 23.6 Å². The van der Waals surface area contributed by atoms with Gasteiger partial charge >= 0.3 is 0 Å². The number of nitrogens with zero attached hydrogens (tertiary/aromatic N) is 3. The van der Waals surface area contributed by atoms with Crippen molar-refractivity contribution in [1.82, 2.24) is 20.1 Å². The zero-order chi connectivity index (χ0) is 23.8. The molecule has 0 fully saturated rings. The Morgan fingerprint density at radius 2 is 1.82 bits per heavy atom. The smallest absolute Gasteiger partial charge is 0.274 e. The van der Waals surface area contributed by atoms with Crippen LogP contribution in [0.15, 0.2) is 53.9 Å². The number of anilines is 2. The van der Waals surface area contributed by atoms with Crippen LogP contribution in [0.1, 0.15) is 16.1 Å². The Labute approximate surface area is 207 Å². The predicted molar refractivity (Wildman–Crippen MR) is 135 cm³/mol. The van der Waals surface area contributed by atoms with Crippen molar-refractivity contribution in [3.8, 4) is 0 Å². The molecule has 1 aromatic heterocycles. The first-order valence-electron chi connectivity index (χ1n) is 10.2. The van der Waals surface area contributed by atoms with Crippen molar-refractivity contribution >= 4 is 57.2 Å². The van der Waals surface area contributed by atoms with E-state index in [-0.39, 0.29) is 24.1 Å². The quantitative estimate of drug-likeness (QED) is 0.423. The van der Waals surface area contributed by atoms with Crippen LogP contribution in [-0.4, -0.2) is 60.3 Å². The molecule has 0 bridgehead atoms. The van der Waals surface area contributed by atoms with E-state index in [9.17, 15) is 9.59 Å². The maximum atomic E-state index is 13.3. The fourth-order valence-corrected chi connectivity index (χ4v) is 4.00. The molecule has 2 N–H and O–H groups in total. The summed E-state index contributed by atoms with van der Waals surface area (Å²) in [5, 5.41) is 8.90. The summed E-state index contributed by atoms with van der Waals surface area (Å²) in [5.74, 6) is -0.552. The Morgan fingerprint density at radius 1 is 1.06 bits per heavy atom. The van der Waals surface area contributed by atoms with Crippen molar-refractivity contribution in [3.63, 3.8) is 0 Å². The molecule has 174 valence electrons. The highest BCUT2D eigenvalue weighted by Gasteiger charge is 2.22. The van der Waals surface area contributed by atoms with Crippen molar-refractivity contribution in [2.75, 3.05) is 39.0 Å². The van der Waals surface area contributed by atoms with Crippen molar-refractivity contribution in [3.05, 3.63) is 75.2 Å². The molecule has 7 nitrogen and oxygen atoms in total. The van der Waals surface area contributed by atoms with Gasteiger partial charge in [0.05, 0.1) is 15.7 Å². The normalized spacial score (nSPS) is 10.8. The molecule has 2 aromatic carbocycles. The number of hydrogen-bond acceptors (Lipinski definition) is 6. The molecular weight excluding hydrogens is 481 g/mol. The second-order valence-electron chi connectivity index (χ2n) is 7.56. The molecule has 3 rings (SSSR count). The zero-order valence-corrected chi connectivity index (χ0v) is 20.7. The molecule has 33 heavy (non-hydrogen) atoms. The van der Waals surface area contributed by atoms with Gasteiger partial charge in [-0.3, -0.25) is 9.59 Å². The fraction of sp³-hybridized carbons (Fsp3) is 0.261.